The standard InChI is InChI=1S/C31H26F2N2O4/c1-2-3-8-24(36)19-9-11-20(12-10-19)28-23-7-5-4-6-21(23)17-27(34-28)35-29(37)30(15-16-30)22-13-14-25-26(18-22)39-31(32,33)38-25/h4-14,17-18,36H,2-3,15-16H2,1H3,(H,34,35,37)/b24-8+. The van der Waals surface area contributed by atoms with Crippen molar-refractivity contribution in [1.82, 2.24) is 4.98 Å². The molecular weight excluding hydrogens is 502 g/mol. The summed E-state index contributed by atoms with van der Waals surface area (Å²) in [6.45, 7) is 2.05. The van der Waals surface area contributed by atoms with Gasteiger partial charge in [-0.25, -0.2) is 4.98 Å². The second-order valence-corrected chi connectivity index (χ2v) is 9.90. The molecule has 1 aliphatic carbocycles. The molecule has 39 heavy (non-hydrogen) atoms. The maximum absolute atomic E-state index is 13.5. The summed E-state index contributed by atoms with van der Waals surface area (Å²) in [5.74, 6) is 0.233. The third-order valence-electron chi connectivity index (χ3n) is 7.20. The molecule has 1 amide bonds. The van der Waals surface area contributed by atoms with Crippen molar-refractivity contribution in [2.75, 3.05) is 5.32 Å². The van der Waals surface area contributed by atoms with E-state index < -0.39 is 11.7 Å². The Morgan fingerprint density at radius 1 is 1.03 bits per heavy atom. The Morgan fingerprint density at radius 2 is 1.77 bits per heavy atom. The van der Waals surface area contributed by atoms with Crippen LogP contribution in [-0.2, 0) is 10.2 Å². The van der Waals surface area contributed by atoms with E-state index in [1.165, 1.54) is 12.1 Å². The van der Waals surface area contributed by atoms with E-state index in [0.29, 0.717) is 29.9 Å². The van der Waals surface area contributed by atoms with Gasteiger partial charge >= 0.3 is 6.29 Å². The van der Waals surface area contributed by atoms with Crippen LogP contribution in [0.2, 0.25) is 0 Å². The molecule has 2 aliphatic rings. The van der Waals surface area contributed by atoms with Crippen molar-refractivity contribution >= 4 is 28.3 Å². The predicted molar refractivity (Wildman–Crippen MR) is 145 cm³/mol. The van der Waals surface area contributed by atoms with Crippen LogP contribution in [0.15, 0.2) is 78.9 Å². The van der Waals surface area contributed by atoms with Crippen LogP contribution in [0.4, 0.5) is 14.6 Å². The molecule has 0 unspecified atom stereocenters. The topological polar surface area (TPSA) is 80.7 Å². The molecule has 1 fully saturated rings. The molecule has 1 saturated carbocycles. The van der Waals surface area contributed by atoms with E-state index in [-0.39, 0.29) is 23.2 Å². The van der Waals surface area contributed by atoms with Crippen LogP contribution in [0.1, 0.15) is 43.7 Å². The molecule has 0 bridgehead atoms. The lowest BCUT2D eigenvalue weighted by Gasteiger charge is -2.17. The Bertz CT molecular complexity index is 1610. The number of fused-ring (bicyclic) bond motifs is 2. The van der Waals surface area contributed by atoms with Crippen LogP contribution in [0.25, 0.3) is 27.8 Å². The number of allylic oxidation sites excluding steroid dienone is 1. The number of ether oxygens (including phenoxy) is 2. The van der Waals surface area contributed by atoms with Gasteiger partial charge in [0.1, 0.15) is 11.6 Å². The van der Waals surface area contributed by atoms with Gasteiger partial charge in [0.05, 0.1) is 11.1 Å². The highest BCUT2D eigenvalue weighted by Gasteiger charge is 2.53. The predicted octanol–water partition coefficient (Wildman–Crippen LogP) is 7.59. The molecule has 6 nitrogen and oxygen atoms in total. The molecule has 0 radical (unpaired) electrons. The van der Waals surface area contributed by atoms with Gasteiger partial charge in [0.15, 0.2) is 11.5 Å². The van der Waals surface area contributed by atoms with Crippen LogP contribution in [0.5, 0.6) is 11.5 Å². The third-order valence-corrected chi connectivity index (χ3v) is 7.20. The quantitative estimate of drug-likeness (QED) is 0.242. The Labute approximate surface area is 223 Å². The number of carbonyl (C=O) groups is 1. The molecule has 8 heteroatoms. The molecule has 3 aromatic carbocycles. The molecule has 4 aromatic rings. The Kier molecular flexibility index (Phi) is 5.98. The lowest BCUT2D eigenvalue weighted by molar-refractivity contribution is -0.286. The van der Waals surface area contributed by atoms with Crippen LogP contribution < -0.4 is 14.8 Å². The molecule has 1 aromatic heterocycles. The number of anilines is 1. The first-order valence-corrected chi connectivity index (χ1v) is 12.9. The number of alkyl halides is 2. The van der Waals surface area contributed by atoms with Crippen molar-refractivity contribution in [3.05, 3.63) is 90.0 Å². The van der Waals surface area contributed by atoms with Crippen molar-refractivity contribution in [1.29, 1.82) is 0 Å². The fourth-order valence-corrected chi connectivity index (χ4v) is 4.94. The Hall–Kier alpha value is -4.46. The first-order valence-electron chi connectivity index (χ1n) is 12.9. The number of amides is 1. The molecule has 0 spiro atoms. The number of pyridine rings is 1. The minimum atomic E-state index is -3.71. The summed E-state index contributed by atoms with van der Waals surface area (Å²) >= 11 is 0. The second kappa shape index (κ2) is 9.38. The maximum Gasteiger partial charge on any atom is 0.586 e. The number of unbranched alkanes of at least 4 members (excludes halogenated alkanes) is 1. The van der Waals surface area contributed by atoms with Gasteiger partial charge < -0.3 is 19.9 Å². The summed E-state index contributed by atoms with van der Waals surface area (Å²) in [7, 11) is 0. The third kappa shape index (κ3) is 4.67. The lowest BCUT2D eigenvalue weighted by Crippen LogP contribution is -2.28. The number of aliphatic hydroxyl groups excluding tert-OH is 1. The summed E-state index contributed by atoms with van der Waals surface area (Å²) in [6.07, 6.45) is 0.980. The second-order valence-electron chi connectivity index (χ2n) is 9.90. The number of hydrogen-bond acceptors (Lipinski definition) is 5. The molecule has 2 N–H and O–H groups in total. The molecule has 1 aliphatic heterocycles. The maximum atomic E-state index is 13.5. The number of aliphatic hydroxyl groups is 1. The highest BCUT2D eigenvalue weighted by Crippen LogP contribution is 2.52. The van der Waals surface area contributed by atoms with E-state index in [1.807, 2.05) is 54.6 Å². The highest BCUT2D eigenvalue weighted by atomic mass is 19.3. The van der Waals surface area contributed by atoms with E-state index >= 15 is 0 Å². The summed E-state index contributed by atoms with van der Waals surface area (Å²) in [5, 5.41) is 15.1. The van der Waals surface area contributed by atoms with E-state index in [0.717, 1.165) is 34.7 Å². The van der Waals surface area contributed by atoms with E-state index in [4.69, 9.17) is 4.98 Å². The summed E-state index contributed by atoms with van der Waals surface area (Å²) in [5.41, 5.74) is 1.99. The Morgan fingerprint density at radius 3 is 2.51 bits per heavy atom. The summed E-state index contributed by atoms with van der Waals surface area (Å²) < 4.78 is 36.1. The van der Waals surface area contributed by atoms with Crippen LogP contribution in [0.3, 0.4) is 0 Å². The highest BCUT2D eigenvalue weighted by molar-refractivity contribution is 6.03. The fourth-order valence-electron chi connectivity index (χ4n) is 4.94. The van der Waals surface area contributed by atoms with Crippen molar-refractivity contribution < 1.29 is 28.2 Å². The number of carbonyl (C=O) groups excluding carboxylic acids is 1. The number of aromatic nitrogens is 1. The largest absolute Gasteiger partial charge is 0.586 e. The minimum absolute atomic E-state index is 0.0546. The zero-order valence-electron chi connectivity index (χ0n) is 21.2. The van der Waals surface area contributed by atoms with Gasteiger partial charge in [-0.05, 0) is 54.5 Å². The van der Waals surface area contributed by atoms with Gasteiger partial charge in [0.2, 0.25) is 5.91 Å². The van der Waals surface area contributed by atoms with Crippen molar-refractivity contribution in [3.8, 4) is 22.8 Å². The normalized spacial score (nSPS) is 16.7. The number of halogens is 2. The zero-order chi connectivity index (χ0) is 27.2. The first-order chi connectivity index (χ1) is 18.8. The lowest BCUT2D eigenvalue weighted by atomic mass is 9.94. The molecule has 0 atom stereocenters. The summed E-state index contributed by atoms with van der Waals surface area (Å²) in [6, 6.07) is 21.6. The molecule has 2 heterocycles. The van der Waals surface area contributed by atoms with Gasteiger partial charge in [-0.15, -0.1) is 8.78 Å². The average Bonchev–Trinajstić information content (AvgIpc) is 3.68. The molecule has 6 rings (SSSR count). The van der Waals surface area contributed by atoms with E-state index in [1.54, 1.807) is 12.1 Å². The van der Waals surface area contributed by atoms with Gasteiger partial charge in [-0.2, -0.15) is 0 Å². The number of benzene rings is 3. The number of hydrogen-bond donors (Lipinski definition) is 2. The van der Waals surface area contributed by atoms with Gasteiger partial charge in [0.25, 0.3) is 0 Å². The van der Waals surface area contributed by atoms with E-state index in [9.17, 15) is 18.7 Å². The monoisotopic (exact) mass is 528 g/mol. The van der Waals surface area contributed by atoms with Crippen molar-refractivity contribution in [3.63, 3.8) is 0 Å². The number of nitrogens with zero attached hydrogens (tertiary/aromatic N) is 1. The smallest absolute Gasteiger partial charge is 0.508 e. The molecular formula is C31H26F2N2O4. The first kappa shape index (κ1) is 24.9. The van der Waals surface area contributed by atoms with Gasteiger partial charge in [-0.3, -0.25) is 4.79 Å². The SMILES string of the molecule is CCC/C=C(/O)c1ccc(-c2nc(NC(=O)C3(c4ccc5c(c4)OC(F)(F)O5)CC3)cc3ccccc23)cc1. The molecule has 198 valence electrons. The average molecular weight is 529 g/mol. The van der Waals surface area contributed by atoms with Gasteiger partial charge in [-0.1, -0.05) is 67.9 Å². The van der Waals surface area contributed by atoms with Crippen LogP contribution in [0, 0.1) is 0 Å². The number of nitrogens with one attached hydrogen (secondary N) is 1. The van der Waals surface area contributed by atoms with Crippen molar-refractivity contribution in [2.24, 2.45) is 0 Å². The summed E-state index contributed by atoms with van der Waals surface area (Å²) in [4.78, 5) is 18.3. The van der Waals surface area contributed by atoms with Crippen LogP contribution in [-0.4, -0.2) is 22.3 Å². The Balaban J connectivity index is 1.30. The zero-order valence-corrected chi connectivity index (χ0v) is 21.2. The number of rotatable bonds is 7. The molecule has 0 saturated heterocycles. The minimum Gasteiger partial charge on any atom is -0.508 e. The van der Waals surface area contributed by atoms with Crippen LogP contribution >= 0.6 is 0 Å². The van der Waals surface area contributed by atoms with Gasteiger partial charge in [0, 0.05) is 16.5 Å². The fraction of sp³-hybridized carbons (Fsp3) is 0.226. The van der Waals surface area contributed by atoms with E-state index in [2.05, 4.69) is 21.7 Å². The van der Waals surface area contributed by atoms with Crippen molar-refractivity contribution in [2.45, 2.75) is 44.3 Å².